The summed E-state index contributed by atoms with van der Waals surface area (Å²) in [6.45, 7) is 1.80. The van der Waals surface area contributed by atoms with E-state index in [-0.39, 0.29) is 36.3 Å². The quantitative estimate of drug-likeness (QED) is 0.235. The average Bonchev–Trinajstić information content (AvgIpc) is 3.38. The number of halogens is 3. The topological polar surface area (TPSA) is 167 Å². The van der Waals surface area contributed by atoms with E-state index in [0.29, 0.717) is 37.9 Å². The summed E-state index contributed by atoms with van der Waals surface area (Å²) in [4.78, 5) is 45.9. The number of nitrogens with zero attached hydrogens (tertiary/aromatic N) is 2. The fourth-order valence-electron chi connectivity index (χ4n) is 3.95. The predicted molar refractivity (Wildman–Crippen MR) is 118 cm³/mol. The molecule has 2 fully saturated rings. The van der Waals surface area contributed by atoms with Crippen LogP contribution in [-0.2, 0) is 25.6 Å². The predicted octanol–water partition coefficient (Wildman–Crippen LogP) is 0.340. The zero-order chi connectivity index (χ0) is 26.7. The molecule has 2 amide bonds. The van der Waals surface area contributed by atoms with Gasteiger partial charge < -0.3 is 31.5 Å². The summed E-state index contributed by atoms with van der Waals surface area (Å²) in [5.41, 5.74) is 10.4. The van der Waals surface area contributed by atoms with Crippen LogP contribution in [-0.4, -0.2) is 83.0 Å². The molecule has 2 saturated heterocycles. The van der Waals surface area contributed by atoms with Gasteiger partial charge in [0.15, 0.2) is 11.6 Å². The molecule has 10 nitrogen and oxygen atoms in total. The summed E-state index contributed by atoms with van der Waals surface area (Å²) >= 11 is 0. The molecule has 35 heavy (non-hydrogen) atoms. The van der Waals surface area contributed by atoms with E-state index in [1.807, 2.05) is 0 Å². The first-order valence-electron chi connectivity index (χ1n) is 10.6. The van der Waals surface area contributed by atoms with Crippen molar-refractivity contribution in [2.45, 2.75) is 31.3 Å². The second kappa shape index (κ2) is 14.1. The van der Waals surface area contributed by atoms with E-state index in [9.17, 15) is 32.3 Å². The van der Waals surface area contributed by atoms with Crippen LogP contribution in [0.2, 0.25) is 0 Å². The van der Waals surface area contributed by atoms with Crippen molar-refractivity contribution < 1.29 is 42.6 Å². The molecule has 1 aromatic rings. The first kappa shape index (κ1) is 29.6. The summed E-state index contributed by atoms with van der Waals surface area (Å²) in [6.07, 6.45) is 2.68. The van der Waals surface area contributed by atoms with Crippen molar-refractivity contribution in [3.63, 3.8) is 0 Å². The fraction of sp³-hybridized carbons (Fsp3) is 0.455. The Labute approximate surface area is 200 Å². The van der Waals surface area contributed by atoms with Crippen molar-refractivity contribution >= 4 is 24.3 Å². The fourth-order valence-corrected chi connectivity index (χ4v) is 3.95. The van der Waals surface area contributed by atoms with Gasteiger partial charge in [-0.1, -0.05) is 0 Å². The lowest BCUT2D eigenvalue weighted by molar-refractivity contribution is -0.134. The standard InChI is InChI=1S/C17H20F3N3O2.C4H4O4.CH5N/c18-13-6-15(20)14(19)4-11(13)3-12(21)5-17(25)23-2-1-10-7-22(9-24)8-16(10)23;5-3(6)1-2-4(7)8;1-2/h4,6,9-10,12,16H,1-3,5,7-8,21H2;1-2H,(H,5,6)(H,7,8);2H2,1H3/t10-,12?,16+;;/m0../s1. The van der Waals surface area contributed by atoms with Gasteiger partial charge in [-0.2, -0.15) is 0 Å². The Kier molecular flexibility index (Phi) is 11.9. The number of amides is 2. The van der Waals surface area contributed by atoms with Crippen molar-refractivity contribution in [3.05, 3.63) is 47.3 Å². The Bertz CT molecular complexity index is 930. The van der Waals surface area contributed by atoms with Crippen LogP contribution in [0, 0.1) is 23.4 Å². The van der Waals surface area contributed by atoms with Gasteiger partial charge >= 0.3 is 11.9 Å². The number of aliphatic carboxylic acids is 2. The van der Waals surface area contributed by atoms with Crippen LogP contribution in [0.15, 0.2) is 24.3 Å². The minimum absolute atomic E-state index is 0.00454. The number of hydrogen-bond acceptors (Lipinski definition) is 6. The van der Waals surface area contributed by atoms with Gasteiger partial charge in [0.2, 0.25) is 12.3 Å². The highest BCUT2D eigenvalue weighted by atomic mass is 19.2. The van der Waals surface area contributed by atoms with Crippen LogP contribution in [0.25, 0.3) is 0 Å². The summed E-state index contributed by atoms with van der Waals surface area (Å²) in [7, 11) is 1.50. The molecule has 2 heterocycles. The van der Waals surface area contributed by atoms with Crippen LogP contribution < -0.4 is 11.5 Å². The molecule has 6 N–H and O–H groups in total. The largest absolute Gasteiger partial charge is 0.478 e. The number of likely N-dealkylation sites (tertiary alicyclic amines) is 2. The van der Waals surface area contributed by atoms with Gasteiger partial charge in [0.1, 0.15) is 5.82 Å². The normalized spacial score (nSPS) is 19.3. The minimum atomic E-state index is -1.26. The van der Waals surface area contributed by atoms with Crippen molar-refractivity contribution in [2.75, 3.05) is 26.7 Å². The number of carboxylic acid groups (broad SMARTS) is 2. The third-order valence-electron chi connectivity index (χ3n) is 5.42. The SMILES string of the molecule is CN.NC(CC(=O)N1CC[C@H]2CN(C=O)C[C@H]21)Cc1cc(F)c(F)cc1F.O=C(O)C=CC(=O)O. The molecule has 0 aliphatic carbocycles. The Hall–Kier alpha value is -3.45. The van der Waals surface area contributed by atoms with Crippen LogP contribution in [0.1, 0.15) is 18.4 Å². The molecule has 194 valence electrons. The molecule has 13 heteroatoms. The van der Waals surface area contributed by atoms with Crippen LogP contribution in [0.5, 0.6) is 0 Å². The van der Waals surface area contributed by atoms with Gasteiger partial charge in [-0.05, 0) is 31.5 Å². The van der Waals surface area contributed by atoms with Crippen LogP contribution >= 0.6 is 0 Å². The number of hydrogen-bond donors (Lipinski definition) is 4. The third kappa shape index (κ3) is 9.02. The summed E-state index contributed by atoms with van der Waals surface area (Å²) < 4.78 is 39.9. The lowest BCUT2D eigenvalue weighted by Crippen LogP contribution is -2.42. The monoisotopic (exact) mass is 502 g/mol. The summed E-state index contributed by atoms with van der Waals surface area (Å²) in [5.74, 6) is -5.66. The number of benzene rings is 1. The van der Waals surface area contributed by atoms with E-state index < -0.39 is 35.4 Å². The first-order valence-corrected chi connectivity index (χ1v) is 10.6. The van der Waals surface area contributed by atoms with Crippen molar-refractivity contribution in [3.8, 4) is 0 Å². The second-order valence-corrected chi connectivity index (χ2v) is 7.80. The van der Waals surface area contributed by atoms with E-state index in [1.54, 1.807) is 9.80 Å². The zero-order valence-electron chi connectivity index (χ0n) is 19.1. The van der Waals surface area contributed by atoms with Crippen LogP contribution in [0.3, 0.4) is 0 Å². The van der Waals surface area contributed by atoms with Gasteiger partial charge in [-0.25, -0.2) is 22.8 Å². The lowest BCUT2D eigenvalue weighted by Gasteiger charge is -2.25. The molecule has 2 aliphatic rings. The van der Waals surface area contributed by atoms with Gasteiger partial charge in [0.25, 0.3) is 0 Å². The minimum Gasteiger partial charge on any atom is -0.478 e. The summed E-state index contributed by atoms with van der Waals surface area (Å²) in [5, 5.41) is 15.6. The number of carboxylic acids is 2. The highest BCUT2D eigenvalue weighted by molar-refractivity contribution is 5.89. The maximum Gasteiger partial charge on any atom is 0.328 e. The van der Waals surface area contributed by atoms with Gasteiger partial charge in [0, 0.05) is 56.2 Å². The number of nitrogens with two attached hydrogens (primary N) is 2. The van der Waals surface area contributed by atoms with Crippen molar-refractivity contribution in [1.82, 2.24) is 9.80 Å². The molecule has 1 unspecified atom stereocenters. The maximum atomic E-state index is 13.7. The van der Waals surface area contributed by atoms with Gasteiger partial charge in [-0.15, -0.1) is 0 Å². The van der Waals surface area contributed by atoms with Crippen molar-refractivity contribution in [1.29, 1.82) is 0 Å². The third-order valence-corrected chi connectivity index (χ3v) is 5.42. The number of rotatable bonds is 7. The smallest absolute Gasteiger partial charge is 0.328 e. The molecule has 0 aromatic heterocycles. The molecule has 0 bridgehead atoms. The van der Waals surface area contributed by atoms with Gasteiger partial charge in [-0.3, -0.25) is 9.59 Å². The summed E-state index contributed by atoms with van der Waals surface area (Å²) in [6, 6.07) is 0.566. The highest BCUT2D eigenvalue weighted by Gasteiger charge is 2.42. The molecular formula is C22H29F3N4O6. The number of carbonyl (C=O) groups excluding carboxylic acids is 2. The molecular weight excluding hydrogens is 473 g/mol. The Morgan fingerprint density at radius 1 is 1.06 bits per heavy atom. The molecule has 0 spiro atoms. The molecule has 3 atom stereocenters. The average molecular weight is 502 g/mol. The molecule has 3 rings (SSSR count). The number of fused-ring (bicyclic) bond motifs is 1. The first-order chi connectivity index (χ1) is 16.5. The van der Waals surface area contributed by atoms with E-state index >= 15 is 0 Å². The van der Waals surface area contributed by atoms with E-state index in [2.05, 4.69) is 5.73 Å². The van der Waals surface area contributed by atoms with E-state index in [0.717, 1.165) is 18.9 Å². The van der Waals surface area contributed by atoms with E-state index in [1.165, 1.54) is 7.05 Å². The molecule has 1 aromatic carbocycles. The Morgan fingerprint density at radius 3 is 2.17 bits per heavy atom. The highest BCUT2D eigenvalue weighted by Crippen LogP contribution is 2.31. The molecule has 0 radical (unpaired) electrons. The maximum absolute atomic E-state index is 13.7. The molecule has 2 aliphatic heterocycles. The number of carbonyl (C=O) groups is 4. The van der Waals surface area contributed by atoms with Gasteiger partial charge in [0.05, 0.1) is 6.04 Å². The lowest BCUT2D eigenvalue weighted by atomic mass is 10.0. The zero-order valence-corrected chi connectivity index (χ0v) is 19.1. The Balaban J connectivity index is 0.000000523. The van der Waals surface area contributed by atoms with E-state index in [4.69, 9.17) is 15.9 Å². The van der Waals surface area contributed by atoms with Crippen LogP contribution in [0.4, 0.5) is 13.2 Å². The second-order valence-electron chi connectivity index (χ2n) is 7.80. The van der Waals surface area contributed by atoms with Crippen molar-refractivity contribution in [2.24, 2.45) is 17.4 Å². The Morgan fingerprint density at radius 2 is 1.63 bits per heavy atom. The molecule has 0 saturated carbocycles.